The molecule has 2 aromatic rings. The number of anilines is 1. The number of ether oxygens (including phenoxy) is 1. The van der Waals surface area contributed by atoms with Crippen LogP contribution in [0.1, 0.15) is 57.1 Å². The zero-order valence-electron chi connectivity index (χ0n) is 21.7. The number of aliphatic hydroxyl groups excluding tert-OH is 1. The average molecular weight is 526 g/mol. The van der Waals surface area contributed by atoms with E-state index in [1.807, 2.05) is 44.2 Å². The van der Waals surface area contributed by atoms with E-state index in [2.05, 4.69) is 5.32 Å². The number of amides is 2. The molecule has 0 spiro atoms. The third kappa shape index (κ3) is 6.40. The quantitative estimate of drug-likeness (QED) is 0.528. The second-order valence-electron chi connectivity index (χ2n) is 10.2. The monoisotopic (exact) mass is 525 g/mol. The number of likely N-dealkylation sites (N-methyl/N-ethyl adjacent to an activating group) is 1. The fraction of sp³-hybridized carbons (Fsp3) is 0.483. The summed E-state index contributed by atoms with van der Waals surface area (Å²) in [6, 6.07) is 14.8. The van der Waals surface area contributed by atoms with E-state index < -0.39 is 24.1 Å². The summed E-state index contributed by atoms with van der Waals surface area (Å²) < 4.78 is 5.96. The minimum Gasteiger partial charge on any atom is -0.390 e. The number of carbonyl (C=O) groups is 2. The van der Waals surface area contributed by atoms with Gasteiger partial charge in [0.2, 0.25) is 12.1 Å². The molecule has 1 saturated carbocycles. The maximum atomic E-state index is 13.5. The normalized spacial score (nSPS) is 20.2. The van der Waals surface area contributed by atoms with E-state index in [1.54, 1.807) is 25.2 Å². The summed E-state index contributed by atoms with van der Waals surface area (Å²) in [5.41, 5.74) is 2.71. The van der Waals surface area contributed by atoms with Crippen molar-refractivity contribution in [1.29, 1.82) is 0 Å². The van der Waals surface area contributed by atoms with Crippen molar-refractivity contribution in [2.24, 2.45) is 16.8 Å². The highest BCUT2D eigenvalue weighted by atomic mass is 35.5. The minimum atomic E-state index is -1.16. The number of halogens is 1. The van der Waals surface area contributed by atoms with Gasteiger partial charge in [0.1, 0.15) is 0 Å². The van der Waals surface area contributed by atoms with Crippen molar-refractivity contribution in [3.63, 3.8) is 0 Å². The van der Waals surface area contributed by atoms with E-state index >= 15 is 0 Å². The van der Waals surface area contributed by atoms with Gasteiger partial charge in [-0.05, 0) is 37.0 Å². The SMILES string of the molecule is CC(C)C(C(=O)NC1N=C(c2ccccc2)c2cc(Cl)ccc2N(C)C1=O)C(O)COC1CCCCC1. The van der Waals surface area contributed by atoms with Crippen LogP contribution < -0.4 is 10.2 Å². The first-order chi connectivity index (χ1) is 17.8. The Hall–Kier alpha value is -2.74. The first-order valence-corrected chi connectivity index (χ1v) is 13.4. The smallest absolute Gasteiger partial charge is 0.272 e. The number of nitrogens with zero attached hydrogens (tertiary/aromatic N) is 2. The number of hydrogen-bond acceptors (Lipinski definition) is 5. The molecule has 2 aliphatic rings. The summed E-state index contributed by atoms with van der Waals surface area (Å²) in [6.45, 7) is 3.85. The molecule has 7 nitrogen and oxygen atoms in total. The zero-order valence-corrected chi connectivity index (χ0v) is 22.4. The number of hydrogen-bond donors (Lipinski definition) is 2. The zero-order chi connectivity index (χ0) is 26.5. The van der Waals surface area contributed by atoms with Gasteiger partial charge in [0, 0.05) is 23.2 Å². The molecule has 2 aromatic carbocycles. The van der Waals surface area contributed by atoms with Crippen LogP contribution in [0.5, 0.6) is 0 Å². The van der Waals surface area contributed by atoms with Crippen LogP contribution in [0.4, 0.5) is 5.69 Å². The van der Waals surface area contributed by atoms with E-state index in [4.69, 9.17) is 21.3 Å². The van der Waals surface area contributed by atoms with Gasteiger partial charge in [0.15, 0.2) is 0 Å². The Morgan fingerprint density at radius 3 is 2.54 bits per heavy atom. The Morgan fingerprint density at radius 1 is 1.16 bits per heavy atom. The Kier molecular flexibility index (Phi) is 9.00. The Labute approximate surface area is 223 Å². The van der Waals surface area contributed by atoms with Gasteiger partial charge in [-0.15, -0.1) is 0 Å². The molecule has 1 fully saturated rings. The predicted octanol–water partition coefficient (Wildman–Crippen LogP) is 4.58. The van der Waals surface area contributed by atoms with E-state index in [-0.39, 0.29) is 24.5 Å². The number of aliphatic imine (C=N–C) groups is 1. The highest BCUT2D eigenvalue weighted by molar-refractivity contribution is 6.32. The van der Waals surface area contributed by atoms with Crippen LogP contribution in [0.3, 0.4) is 0 Å². The van der Waals surface area contributed by atoms with Crippen molar-refractivity contribution in [1.82, 2.24) is 5.32 Å². The van der Waals surface area contributed by atoms with E-state index in [9.17, 15) is 14.7 Å². The third-order valence-corrected chi connectivity index (χ3v) is 7.45. The molecule has 4 rings (SSSR count). The highest BCUT2D eigenvalue weighted by Crippen LogP contribution is 2.30. The molecule has 0 bridgehead atoms. The molecule has 198 valence electrons. The molecule has 0 aromatic heterocycles. The number of aliphatic hydroxyl groups is 1. The molecule has 0 radical (unpaired) electrons. The maximum Gasteiger partial charge on any atom is 0.272 e. The fourth-order valence-corrected chi connectivity index (χ4v) is 5.36. The molecule has 1 aliphatic carbocycles. The van der Waals surface area contributed by atoms with Crippen LogP contribution in [0, 0.1) is 11.8 Å². The second kappa shape index (κ2) is 12.2. The van der Waals surface area contributed by atoms with Gasteiger partial charge in [-0.25, -0.2) is 4.99 Å². The topological polar surface area (TPSA) is 91.2 Å². The van der Waals surface area contributed by atoms with Crippen LogP contribution in [-0.4, -0.2) is 54.7 Å². The number of carbonyl (C=O) groups excluding carboxylic acids is 2. The first kappa shape index (κ1) is 27.3. The molecule has 3 unspecified atom stereocenters. The number of benzene rings is 2. The number of rotatable bonds is 8. The van der Waals surface area contributed by atoms with Crippen LogP contribution in [0.2, 0.25) is 5.02 Å². The second-order valence-corrected chi connectivity index (χ2v) is 10.7. The average Bonchev–Trinajstić information content (AvgIpc) is 2.98. The van der Waals surface area contributed by atoms with Gasteiger partial charge in [-0.3, -0.25) is 9.59 Å². The lowest BCUT2D eigenvalue weighted by Crippen LogP contribution is -2.51. The highest BCUT2D eigenvalue weighted by Gasteiger charge is 2.36. The van der Waals surface area contributed by atoms with E-state index in [0.29, 0.717) is 22.0 Å². The molecule has 1 aliphatic heterocycles. The van der Waals surface area contributed by atoms with E-state index in [1.165, 1.54) is 11.3 Å². The molecule has 2 N–H and O–H groups in total. The Bertz CT molecular complexity index is 1130. The van der Waals surface area contributed by atoms with Gasteiger partial charge in [-0.1, -0.05) is 75.0 Å². The molecular formula is C29H36ClN3O4. The molecule has 0 saturated heterocycles. The number of fused-ring (bicyclic) bond motifs is 1. The molecule has 3 atom stereocenters. The largest absolute Gasteiger partial charge is 0.390 e. The van der Waals surface area contributed by atoms with Crippen molar-refractivity contribution in [2.45, 2.75) is 64.3 Å². The molecule has 2 amide bonds. The molecule has 37 heavy (non-hydrogen) atoms. The lowest BCUT2D eigenvalue weighted by molar-refractivity contribution is -0.137. The summed E-state index contributed by atoms with van der Waals surface area (Å²) in [7, 11) is 1.66. The van der Waals surface area contributed by atoms with Crippen molar-refractivity contribution in [3.05, 3.63) is 64.7 Å². The van der Waals surface area contributed by atoms with Crippen LogP contribution in [0.15, 0.2) is 53.5 Å². The molecular weight excluding hydrogens is 490 g/mol. The van der Waals surface area contributed by atoms with Gasteiger partial charge >= 0.3 is 0 Å². The van der Waals surface area contributed by atoms with Crippen LogP contribution in [0.25, 0.3) is 0 Å². The minimum absolute atomic E-state index is 0.0852. The van der Waals surface area contributed by atoms with Crippen LogP contribution in [-0.2, 0) is 14.3 Å². The molecule has 8 heteroatoms. The van der Waals surface area contributed by atoms with Crippen molar-refractivity contribution < 1.29 is 19.4 Å². The van der Waals surface area contributed by atoms with Crippen molar-refractivity contribution in [3.8, 4) is 0 Å². The third-order valence-electron chi connectivity index (χ3n) is 7.21. The van der Waals surface area contributed by atoms with Crippen molar-refractivity contribution in [2.75, 3.05) is 18.6 Å². The van der Waals surface area contributed by atoms with Gasteiger partial charge in [0.05, 0.1) is 36.1 Å². The lowest BCUT2D eigenvalue weighted by Gasteiger charge is -2.29. The summed E-state index contributed by atoms with van der Waals surface area (Å²) >= 11 is 6.32. The number of benzodiazepines with no additional fused rings is 1. The number of nitrogens with one attached hydrogen (secondary N) is 1. The lowest BCUT2D eigenvalue weighted by atomic mass is 9.89. The van der Waals surface area contributed by atoms with Crippen molar-refractivity contribution >= 4 is 34.8 Å². The Morgan fingerprint density at radius 2 is 1.86 bits per heavy atom. The fourth-order valence-electron chi connectivity index (χ4n) is 5.19. The summed E-state index contributed by atoms with van der Waals surface area (Å²) in [5, 5.41) is 14.3. The van der Waals surface area contributed by atoms with Gasteiger partial charge < -0.3 is 20.1 Å². The molecule has 1 heterocycles. The van der Waals surface area contributed by atoms with E-state index in [0.717, 1.165) is 31.2 Å². The summed E-state index contributed by atoms with van der Waals surface area (Å²) in [6.07, 6.45) is 3.40. The van der Waals surface area contributed by atoms with Crippen LogP contribution >= 0.6 is 11.6 Å². The van der Waals surface area contributed by atoms with Gasteiger partial charge in [-0.2, -0.15) is 0 Å². The Balaban J connectivity index is 1.60. The predicted molar refractivity (Wildman–Crippen MR) is 146 cm³/mol. The maximum absolute atomic E-state index is 13.5. The van der Waals surface area contributed by atoms with Gasteiger partial charge in [0.25, 0.3) is 5.91 Å². The summed E-state index contributed by atoms with van der Waals surface area (Å²) in [4.78, 5) is 33.2. The summed E-state index contributed by atoms with van der Waals surface area (Å²) in [5.74, 6) is -1.73. The first-order valence-electron chi connectivity index (χ1n) is 13.1. The standard InChI is InChI=1S/C29H36ClN3O4/c1-18(2)25(24(34)17-37-21-12-8-5-9-13-21)28(35)32-27-29(36)33(3)23-15-14-20(30)16-22(23)26(31-27)19-10-6-4-7-11-19/h4,6-7,10-11,14-16,18,21,24-25,27,34H,5,8-9,12-13,17H2,1-3H3,(H,32,35).